The second-order valence-corrected chi connectivity index (χ2v) is 5.04. The molecule has 5 heteroatoms. The van der Waals surface area contributed by atoms with Gasteiger partial charge in [0.15, 0.2) is 12.4 Å². The van der Waals surface area contributed by atoms with Crippen molar-refractivity contribution in [2.24, 2.45) is 0 Å². The average Bonchev–Trinajstić information content (AvgIpc) is 2.45. The lowest BCUT2D eigenvalue weighted by Gasteiger charge is -2.11. The van der Waals surface area contributed by atoms with E-state index in [1.807, 2.05) is 26.0 Å². The summed E-state index contributed by atoms with van der Waals surface area (Å²) in [4.78, 5) is 11.8. The van der Waals surface area contributed by atoms with Crippen molar-refractivity contribution in [1.29, 1.82) is 0 Å². The van der Waals surface area contributed by atoms with Crippen LogP contribution >= 0.6 is 11.6 Å². The molecule has 0 fully saturated rings. The molecule has 3 nitrogen and oxygen atoms in total. The molecule has 21 heavy (non-hydrogen) atoms. The highest BCUT2D eigenvalue weighted by Gasteiger charge is 2.11. The van der Waals surface area contributed by atoms with Crippen LogP contribution in [-0.2, 0) is 4.79 Å². The predicted octanol–water partition coefficient (Wildman–Crippen LogP) is 4.11. The summed E-state index contributed by atoms with van der Waals surface area (Å²) in [5.41, 5.74) is 2.09. The topological polar surface area (TPSA) is 38.3 Å². The third-order valence-corrected chi connectivity index (χ3v) is 3.43. The highest BCUT2D eigenvalue weighted by molar-refractivity contribution is 6.31. The molecule has 0 aromatic heterocycles. The molecule has 0 bridgehead atoms. The molecule has 0 atom stereocenters. The zero-order valence-corrected chi connectivity index (χ0v) is 12.5. The molecule has 2 aromatic rings. The van der Waals surface area contributed by atoms with Crippen LogP contribution in [0.25, 0.3) is 0 Å². The van der Waals surface area contributed by atoms with Gasteiger partial charge in [0.2, 0.25) is 0 Å². The van der Waals surface area contributed by atoms with Gasteiger partial charge in [-0.15, -0.1) is 0 Å². The molecule has 2 rings (SSSR count). The van der Waals surface area contributed by atoms with Crippen molar-refractivity contribution >= 4 is 23.2 Å². The van der Waals surface area contributed by atoms with E-state index in [0.717, 1.165) is 11.1 Å². The van der Waals surface area contributed by atoms with E-state index in [9.17, 15) is 9.18 Å². The van der Waals surface area contributed by atoms with Gasteiger partial charge in [-0.25, -0.2) is 4.39 Å². The second-order valence-electron chi connectivity index (χ2n) is 4.64. The van der Waals surface area contributed by atoms with Gasteiger partial charge in [0, 0.05) is 0 Å². The van der Waals surface area contributed by atoms with Crippen molar-refractivity contribution < 1.29 is 13.9 Å². The number of carbonyl (C=O) groups excluding carboxylic acids is 1. The molecule has 0 aliphatic heterocycles. The van der Waals surface area contributed by atoms with Crippen LogP contribution in [0.5, 0.6) is 5.75 Å². The summed E-state index contributed by atoms with van der Waals surface area (Å²) in [6, 6.07) is 10.0. The zero-order chi connectivity index (χ0) is 15.4. The summed E-state index contributed by atoms with van der Waals surface area (Å²) in [5.74, 6) is -0.465. The maximum atomic E-state index is 13.7. The number of rotatable bonds is 4. The first kappa shape index (κ1) is 15.3. The number of amides is 1. The molecule has 0 unspecified atom stereocenters. The Morgan fingerprint density at radius 2 is 1.95 bits per heavy atom. The fourth-order valence-electron chi connectivity index (χ4n) is 1.81. The summed E-state index contributed by atoms with van der Waals surface area (Å²) in [6.07, 6.45) is 0. The van der Waals surface area contributed by atoms with Gasteiger partial charge >= 0.3 is 0 Å². The third-order valence-electron chi connectivity index (χ3n) is 3.14. The Bertz CT molecular complexity index is 673. The van der Waals surface area contributed by atoms with Gasteiger partial charge in [-0.1, -0.05) is 29.8 Å². The van der Waals surface area contributed by atoms with E-state index in [0.29, 0.717) is 5.75 Å². The Kier molecular flexibility index (Phi) is 4.81. The van der Waals surface area contributed by atoms with Crippen LogP contribution in [-0.4, -0.2) is 12.5 Å². The molecule has 1 amide bonds. The maximum absolute atomic E-state index is 13.7. The third kappa shape index (κ3) is 3.73. The van der Waals surface area contributed by atoms with Crippen LogP contribution in [0.3, 0.4) is 0 Å². The van der Waals surface area contributed by atoms with Gasteiger partial charge in [0.1, 0.15) is 5.75 Å². The quantitative estimate of drug-likeness (QED) is 0.923. The Balaban J connectivity index is 1.99. The van der Waals surface area contributed by atoms with E-state index in [-0.39, 0.29) is 17.3 Å². The standard InChI is InChI=1S/C16H15ClFNO2/c1-10-5-3-8-14(11(10)2)21-9-15(20)19-13-7-4-6-12(17)16(13)18/h3-8H,9H2,1-2H3,(H,19,20). The normalized spacial score (nSPS) is 10.3. The number of ether oxygens (including phenoxy) is 1. The number of carbonyl (C=O) groups is 1. The average molecular weight is 308 g/mol. The largest absolute Gasteiger partial charge is 0.483 e. The minimum Gasteiger partial charge on any atom is -0.483 e. The molecule has 0 aliphatic rings. The Labute approximate surface area is 127 Å². The zero-order valence-electron chi connectivity index (χ0n) is 11.7. The van der Waals surface area contributed by atoms with Gasteiger partial charge in [-0.3, -0.25) is 4.79 Å². The van der Waals surface area contributed by atoms with E-state index in [1.54, 1.807) is 12.1 Å². The number of hydrogen-bond donors (Lipinski definition) is 1. The SMILES string of the molecule is Cc1cccc(OCC(=O)Nc2cccc(Cl)c2F)c1C. The van der Waals surface area contributed by atoms with E-state index < -0.39 is 11.7 Å². The van der Waals surface area contributed by atoms with Crippen LogP contribution in [0.15, 0.2) is 36.4 Å². The summed E-state index contributed by atoms with van der Waals surface area (Å²) in [5, 5.41) is 2.39. The second kappa shape index (κ2) is 6.59. The number of aryl methyl sites for hydroxylation is 1. The Hall–Kier alpha value is -2.07. The number of nitrogens with one attached hydrogen (secondary N) is 1. The number of hydrogen-bond acceptors (Lipinski definition) is 2. The molecule has 0 saturated heterocycles. The smallest absolute Gasteiger partial charge is 0.262 e. The predicted molar refractivity (Wildman–Crippen MR) is 81.5 cm³/mol. The highest BCUT2D eigenvalue weighted by Crippen LogP contribution is 2.23. The molecule has 0 saturated carbocycles. The lowest BCUT2D eigenvalue weighted by molar-refractivity contribution is -0.118. The van der Waals surface area contributed by atoms with Gasteiger partial charge in [0.25, 0.3) is 5.91 Å². The van der Waals surface area contributed by atoms with Crippen LogP contribution in [0, 0.1) is 19.7 Å². The van der Waals surface area contributed by atoms with E-state index >= 15 is 0 Å². The van der Waals surface area contributed by atoms with Crippen LogP contribution < -0.4 is 10.1 Å². The molecule has 110 valence electrons. The van der Waals surface area contributed by atoms with Crippen molar-refractivity contribution in [3.8, 4) is 5.75 Å². The fraction of sp³-hybridized carbons (Fsp3) is 0.188. The lowest BCUT2D eigenvalue weighted by atomic mass is 10.1. The molecule has 0 aliphatic carbocycles. The van der Waals surface area contributed by atoms with Crippen molar-refractivity contribution in [3.05, 3.63) is 58.4 Å². The molecule has 1 N–H and O–H groups in total. The first-order chi connectivity index (χ1) is 9.99. The van der Waals surface area contributed by atoms with Crippen molar-refractivity contribution in [3.63, 3.8) is 0 Å². The number of halogens is 2. The summed E-state index contributed by atoms with van der Waals surface area (Å²) < 4.78 is 19.1. The van der Waals surface area contributed by atoms with E-state index in [2.05, 4.69) is 5.32 Å². The first-order valence-electron chi connectivity index (χ1n) is 6.42. The van der Waals surface area contributed by atoms with Crippen LogP contribution in [0.2, 0.25) is 5.02 Å². The van der Waals surface area contributed by atoms with E-state index in [1.165, 1.54) is 12.1 Å². The van der Waals surface area contributed by atoms with Crippen molar-refractivity contribution in [2.45, 2.75) is 13.8 Å². The van der Waals surface area contributed by atoms with Crippen molar-refractivity contribution in [2.75, 3.05) is 11.9 Å². The lowest BCUT2D eigenvalue weighted by Crippen LogP contribution is -2.21. The summed E-state index contributed by atoms with van der Waals surface area (Å²) in [7, 11) is 0. The molecule has 0 radical (unpaired) electrons. The minimum atomic E-state index is -0.653. The van der Waals surface area contributed by atoms with Crippen LogP contribution in [0.4, 0.5) is 10.1 Å². The molecule has 0 heterocycles. The monoisotopic (exact) mass is 307 g/mol. The maximum Gasteiger partial charge on any atom is 0.262 e. The van der Waals surface area contributed by atoms with Gasteiger partial charge in [0.05, 0.1) is 10.7 Å². The van der Waals surface area contributed by atoms with Gasteiger partial charge in [-0.05, 0) is 43.2 Å². The summed E-state index contributed by atoms with van der Waals surface area (Å²) in [6.45, 7) is 3.68. The minimum absolute atomic E-state index is 0.0387. The molecular formula is C16H15ClFNO2. The molecule has 2 aromatic carbocycles. The first-order valence-corrected chi connectivity index (χ1v) is 6.79. The van der Waals surface area contributed by atoms with E-state index in [4.69, 9.17) is 16.3 Å². The van der Waals surface area contributed by atoms with Gasteiger partial charge < -0.3 is 10.1 Å². The van der Waals surface area contributed by atoms with Crippen molar-refractivity contribution in [1.82, 2.24) is 0 Å². The van der Waals surface area contributed by atoms with Gasteiger partial charge in [-0.2, -0.15) is 0 Å². The highest BCUT2D eigenvalue weighted by atomic mass is 35.5. The number of anilines is 1. The molecule has 0 spiro atoms. The molecular weight excluding hydrogens is 293 g/mol. The Morgan fingerprint density at radius 1 is 1.24 bits per heavy atom. The fourth-order valence-corrected chi connectivity index (χ4v) is 1.99. The summed E-state index contributed by atoms with van der Waals surface area (Å²) >= 11 is 5.65. The Morgan fingerprint density at radius 3 is 2.71 bits per heavy atom. The van der Waals surface area contributed by atoms with Crippen LogP contribution in [0.1, 0.15) is 11.1 Å². The number of benzene rings is 2.